The van der Waals surface area contributed by atoms with Crippen molar-refractivity contribution in [1.82, 2.24) is 0 Å². The molecule has 3 heteroatoms. The Morgan fingerprint density at radius 2 is 1.88 bits per heavy atom. The molecular weight excluding hydrogens is 216 g/mol. The number of hydrogen-bond acceptors (Lipinski definition) is 2. The van der Waals surface area contributed by atoms with E-state index in [-0.39, 0.29) is 5.92 Å². The Morgan fingerprint density at radius 1 is 1.29 bits per heavy atom. The fourth-order valence-electron chi connectivity index (χ4n) is 2.92. The smallest absolute Gasteiger partial charge is 0.340 e. The molecule has 0 amide bonds. The molecule has 0 aliphatic heterocycles. The molecule has 0 heterocycles. The van der Waals surface area contributed by atoms with Crippen LogP contribution in [0.1, 0.15) is 31.2 Å². The third-order valence-corrected chi connectivity index (χ3v) is 3.77. The Kier molecular flexibility index (Phi) is 3.48. The van der Waals surface area contributed by atoms with Gasteiger partial charge in [-0.05, 0) is 18.4 Å². The minimum absolute atomic E-state index is 0.0763. The molecule has 0 aromatic heterocycles. The lowest BCUT2D eigenvalue weighted by Crippen LogP contribution is -2.44. The highest BCUT2D eigenvalue weighted by atomic mass is 16.5. The minimum atomic E-state index is -1.17. The fourth-order valence-corrected chi connectivity index (χ4v) is 2.92. The van der Waals surface area contributed by atoms with Gasteiger partial charge in [-0.3, -0.25) is 0 Å². The van der Waals surface area contributed by atoms with Gasteiger partial charge in [-0.25, -0.2) is 4.79 Å². The second-order valence-electron chi connectivity index (χ2n) is 4.59. The predicted octanol–water partition coefficient (Wildman–Crippen LogP) is 2.80. The minimum Gasteiger partial charge on any atom is -0.479 e. The van der Waals surface area contributed by atoms with Crippen molar-refractivity contribution in [3.63, 3.8) is 0 Å². The Hall–Kier alpha value is -1.35. The average Bonchev–Trinajstić information content (AvgIpc) is 2.86. The lowest BCUT2D eigenvalue weighted by molar-refractivity contribution is -0.172. The highest BCUT2D eigenvalue weighted by Gasteiger charge is 2.48. The zero-order valence-corrected chi connectivity index (χ0v) is 10.1. The summed E-state index contributed by atoms with van der Waals surface area (Å²) in [5.41, 5.74) is -0.417. The van der Waals surface area contributed by atoms with E-state index < -0.39 is 11.6 Å². The Balaban J connectivity index is 2.45. The highest BCUT2D eigenvalue weighted by molar-refractivity contribution is 5.80. The summed E-state index contributed by atoms with van der Waals surface area (Å²) >= 11 is 0. The molecule has 1 fully saturated rings. The predicted molar refractivity (Wildman–Crippen MR) is 64.7 cm³/mol. The largest absolute Gasteiger partial charge is 0.479 e. The van der Waals surface area contributed by atoms with Crippen LogP contribution in [0.15, 0.2) is 30.3 Å². The van der Waals surface area contributed by atoms with E-state index in [9.17, 15) is 9.90 Å². The number of rotatable bonds is 4. The Labute approximate surface area is 101 Å². The van der Waals surface area contributed by atoms with Crippen LogP contribution in [-0.4, -0.2) is 18.2 Å². The van der Waals surface area contributed by atoms with Crippen LogP contribution in [-0.2, 0) is 15.1 Å². The quantitative estimate of drug-likeness (QED) is 0.871. The van der Waals surface area contributed by atoms with Gasteiger partial charge in [0.1, 0.15) is 0 Å². The van der Waals surface area contributed by atoms with Crippen LogP contribution < -0.4 is 0 Å². The SMILES string of the molecule is COC(C(=O)O)(c1ccccc1)C1CCCC1. The van der Waals surface area contributed by atoms with Crippen LogP contribution in [0.5, 0.6) is 0 Å². The van der Waals surface area contributed by atoms with Crippen molar-refractivity contribution in [3.05, 3.63) is 35.9 Å². The number of hydrogen-bond donors (Lipinski definition) is 1. The first-order chi connectivity index (χ1) is 8.21. The topological polar surface area (TPSA) is 46.5 Å². The molecule has 1 unspecified atom stereocenters. The molecule has 1 aliphatic carbocycles. The molecule has 1 saturated carbocycles. The second kappa shape index (κ2) is 4.88. The molecule has 1 N–H and O–H groups in total. The van der Waals surface area contributed by atoms with Crippen molar-refractivity contribution in [2.45, 2.75) is 31.3 Å². The van der Waals surface area contributed by atoms with Gasteiger partial charge in [-0.15, -0.1) is 0 Å². The Bertz CT molecular complexity index is 382. The monoisotopic (exact) mass is 234 g/mol. The molecule has 0 spiro atoms. The van der Waals surface area contributed by atoms with Crippen LogP contribution in [0, 0.1) is 5.92 Å². The molecule has 92 valence electrons. The summed E-state index contributed by atoms with van der Waals surface area (Å²) in [5, 5.41) is 9.61. The molecule has 0 saturated heterocycles. The molecule has 17 heavy (non-hydrogen) atoms. The van der Waals surface area contributed by atoms with E-state index >= 15 is 0 Å². The second-order valence-corrected chi connectivity index (χ2v) is 4.59. The van der Waals surface area contributed by atoms with Crippen molar-refractivity contribution in [1.29, 1.82) is 0 Å². The summed E-state index contributed by atoms with van der Waals surface area (Å²) < 4.78 is 5.47. The van der Waals surface area contributed by atoms with Gasteiger partial charge in [0.2, 0.25) is 0 Å². The number of ether oxygens (including phenoxy) is 1. The lowest BCUT2D eigenvalue weighted by atomic mass is 9.80. The third-order valence-electron chi connectivity index (χ3n) is 3.77. The number of carboxylic acid groups (broad SMARTS) is 1. The highest BCUT2D eigenvalue weighted by Crippen LogP contribution is 2.43. The van der Waals surface area contributed by atoms with Crippen LogP contribution in [0.4, 0.5) is 0 Å². The normalized spacial score (nSPS) is 20.1. The summed E-state index contributed by atoms with van der Waals surface area (Å²) in [7, 11) is 1.50. The van der Waals surface area contributed by atoms with Crippen LogP contribution >= 0.6 is 0 Å². The molecule has 1 aromatic carbocycles. The standard InChI is InChI=1S/C14H18O3/c1-17-14(13(15)16,12-9-5-6-10-12)11-7-3-2-4-8-11/h2-4,7-8,12H,5-6,9-10H2,1H3,(H,15,16). The first-order valence-corrected chi connectivity index (χ1v) is 6.06. The van der Waals surface area contributed by atoms with Gasteiger partial charge in [-0.2, -0.15) is 0 Å². The van der Waals surface area contributed by atoms with Gasteiger partial charge in [0.25, 0.3) is 0 Å². The van der Waals surface area contributed by atoms with E-state index in [2.05, 4.69) is 0 Å². The lowest BCUT2D eigenvalue weighted by Gasteiger charge is -2.34. The summed E-state index contributed by atoms with van der Waals surface area (Å²) in [6, 6.07) is 9.30. The molecule has 0 radical (unpaired) electrons. The van der Waals surface area contributed by atoms with Crippen LogP contribution in [0.25, 0.3) is 0 Å². The summed E-state index contributed by atoms with van der Waals surface area (Å²) in [6.07, 6.45) is 4.04. The third kappa shape index (κ3) is 1.95. The number of carboxylic acids is 1. The first kappa shape index (κ1) is 12.1. The summed E-state index contributed by atoms with van der Waals surface area (Å²) in [4.78, 5) is 11.7. The van der Waals surface area contributed by atoms with Gasteiger partial charge in [0.05, 0.1) is 0 Å². The van der Waals surface area contributed by atoms with E-state index in [0.717, 1.165) is 31.2 Å². The van der Waals surface area contributed by atoms with Crippen molar-refractivity contribution < 1.29 is 14.6 Å². The fraction of sp³-hybridized carbons (Fsp3) is 0.500. The average molecular weight is 234 g/mol. The van der Waals surface area contributed by atoms with E-state index in [1.54, 1.807) is 0 Å². The zero-order valence-electron chi connectivity index (χ0n) is 10.1. The van der Waals surface area contributed by atoms with E-state index in [0.29, 0.717) is 0 Å². The van der Waals surface area contributed by atoms with E-state index in [4.69, 9.17) is 4.74 Å². The molecule has 0 bridgehead atoms. The van der Waals surface area contributed by atoms with Crippen molar-refractivity contribution in [2.24, 2.45) is 5.92 Å². The molecule has 1 aliphatic rings. The maximum atomic E-state index is 11.7. The van der Waals surface area contributed by atoms with Gasteiger partial charge in [0.15, 0.2) is 5.60 Å². The molecular formula is C14H18O3. The van der Waals surface area contributed by atoms with E-state index in [1.807, 2.05) is 30.3 Å². The first-order valence-electron chi connectivity index (χ1n) is 6.06. The van der Waals surface area contributed by atoms with Gasteiger partial charge in [0, 0.05) is 13.0 Å². The molecule has 1 atom stereocenters. The number of methoxy groups -OCH3 is 1. The molecule has 3 nitrogen and oxygen atoms in total. The molecule has 2 rings (SSSR count). The van der Waals surface area contributed by atoms with E-state index in [1.165, 1.54) is 7.11 Å². The summed E-state index contributed by atoms with van der Waals surface area (Å²) in [6.45, 7) is 0. The van der Waals surface area contributed by atoms with Crippen molar-refractivity contribution >= 4 is 5.97 Å². The maximum absolute atomic E-state index is 11.7. The van der Waals surface area contributed by atoms with Crippen LogP contribution in [0.2, 0.25) is 0 Å². The summed E-state index contributed by atoms with van der Waals surface area (Å²) in [5.74, 6) is -0.800. The van der Waals surface area contributed by atoms with Crippen LogP contribution in [0.3, 0.4) is 0 Å². The number of aliphatic carboxylic acids is 1. The number of benzene rings is 1. The Morgan fingerprint density at radius 3 is 2.35 bits per heavy atom. The van der Waals surface area contributed by atoms with Gasteiger partial charge < -0.3 is 9.84 Å². The van der Waals surface area contributed by atoms with Gasteiger partial charge >= 0.3 is 5.97 Å². The van der Waals surface area contributed by atoms with Gasteiger partial charge in [-0.1, -0.05) is 43.2 Å². The molecule has 1 aromatic rings. The zero-order chi connectivity index (χ0) is 12.3. The van der Waals surface area contributed by atoms with Crippen molar-refractivity contribution in [2.75, 3.05) is 7.11 Å². The van der Waals surface area contributed by atoms with Crippen molar-refractivity contribution in [3.8, 4) is 0 Å². The number of carbonyl (C=O) groups is 1. The maximum Gasteiger partial charge on any atom is 0.340 e.